The number of rotatable bonds is 3. The molecule has 0 spiro atoms. The number of imide groups is 1. The molecule has 2 amide bonds. The highest BCUT2D eigenvalue weighted by Gasteiger charge is 2.25. The fraction of sp³-hybridized carbons (Fsp3) is 0.217. The number of hydrogen-bond donors (Lipinski definition) is 1. The summed E-state index contributed by atoms with van der Waals surface area (Å²) in [7, 11) is 2.13. The van der Waals surface area contributed by atoms with Gasteiger partial charge in [0.2, 0.25) is 0 Å². The van der Waals surface area contributed by atoms with Crippen molar-refractivity contribution in [3.8, 4) is 11.1 Å². The van der Waals surface area contributed by atoms with Crippen molar-refractivity contribution in [1.82, 2.24) is 20.2 Å². The molecule has 32 heavy (non-hydrogen) atoms. The number of thioether (sulfide) groups is 1. The van der Waals surface area contributed by atoms with Crippen LogP contribution in [0.25, 0.3) is 28.2 Å². The summed E-state index contributed by atoms with van der Waals surface area (Å²) in [6.45, 7) is 3.91. The van der Waals surface area contributed by atoms with Gasteiger partial charge in [0.25, 0.3) is 11.1 Å². The predicted molar refractivity (Wildman–Crippen MR) is 129 cm³/mol. The van der Waals surface area contributed by atoms with Gasteiger partial charge in [-0.05, 0) is 48.6 Å². The number of nitrogens with zero attached hydrogens (tertiary/aromatic N) is 4. The summed E-state index contributed by atoms with van der Waals surface area (Å²) in [5, 5.41) is 2.57. The van der Waals surface area contributed by atoms with Crippen molar-refractivity contribution in [3.05, 3.63) is 58.2 Å². The van der Waals surface area contributed by atoms with Gasteiger partial charge in [-0.15, -0.1) is 0 Å². The first-order valence-electron chi connectivity index (χ1n) is 10.2. The molecule has 0 atom stereocenters. The predicted octanol–water partition coefficient (Wildman–Crippen LogP) is 4.03. The summed E-state index contributed by atoms with van der Waals surface area (Å²) in [4.78, 5) is 37.4. The molecule has 3 aromatic rings. The Kier molecular flexibility index (Phi) is 5.58. The fourth-order valence-electron chi connectivity index (χ4n) is 3.88. The Morgan fingerprint density at radius 1 is 1.12 bits per heavy atom. The van der Waals surface area contributed by atoms with Crippen molar-refractivity contribution in [1.29, 1.82) is 0 Å². The van der Waals surface area contributed by atoms with Crippen molar-refractivity contribution in [3.63, 3.8) is 0 Å². The zero-order valence-corrected chi connectivity index (χ0v) is 18.9. The van der Waals surface area contributed by atoms with E-state index in [1.54, 1.807) is 12.3 Å². The average Bonchev–Trinajstić information content (AvgIpc) is 3.10. The van der Waals surface area contributed by atoms with E-state index < -0.39 is 5.91 Å². The molecular weight excluding hydrogens is 446 g/mol. The van der Waals surface area contributed by atoms with Crippen LogP contribution in [0.2, 0.25) is 5.02 Å². The number of para-hydroxylation sites is 1. The number of benzene rings is 2. The third-order valence-corrected chi connectivity index (χ3v) is 6.73. The Labute approximate surface area is 194 Å². The number of hydrogen-bond acceptors (Lipinski definition) is 7. The summed E-state index contributed by atoms with van der Waals surface area (Å²) in [6.07, 6.45) is 3.18. The van der Waals surface area contributed by atoms with Crippen LogP contribution in [0.5, 0.6) is 0 Å². The normalized spacial score (nSPS) is 18.6. The SMILES string of the molecule is CN1CCN(c2ccc(-c3cccc4ncc(C=C5SC(=O)NC5=O)nc34)cc2Cl)CC1. The van der Waals surface area contributed by atoms with E-state index in [0.717, 1.165) is 60.3 Å². The van der Waals surface area contributed by atoms with Crippen LogP contribution in [0.15, 0.2) is 47.5 Å². The Balaban J connectivity index is 1.51. The number of fused-ring (bicyclic) bond motifs is 1. The molecule has 1 N–H and O–H groups in total. The minimum absolute atomic E-state index is 0.306. The second-order valence-corrected chi connectivity index (χ2v) is 9.20. The number of carbonyl (C=O) groups excluding carboxylic acids is 2. The first kappa shape index (κ1) is 20.9. The van der Waals surface area contributed by atoms with Gasteiger partial charge in [-0.2, -0.15) is 0 Å². The lowest BCUT2D eigenvalue weighted by atomic mass is 10.0. The third-order valence-electron chi connectivity index (χ3n) is 5.62. The van der Waals surface area contributed by atoms with Gasteiger partial charge in [0.05, 0.1) is 38.5 Å². The van der Waals surface area contributed by atoms with Crippen molar-refractivity contribution in [2.75, 3.05) is 38.1 Å². The molecule has 1 aromatic heterocycles. The van der Waals surface area contributed by atoms with Crippen LogP contribution in [-0.4, -0.2) is 59.2 Å². The number of likely N-dealkylation sites (N-methyl/N-ethyl adjacent to an activating group) is 1. The highest BCUT2D eigenvalue weighted by molar-refractivity contribution is 8.18. The van der Waals surface area contributed by atoms with Crippen LogP contribution in [-0.2, 0) is 4.79 Å². The molecule has 0 saturated carbocycles. The maximum Gasteiger partial charge on any atom is 0.290 e. The molecule has 0 unspecified atom stereocenters. The fourth-order valence-corrected chi connectivity index (χ4v) is 4.85. The molecule has 0 radical (unpaired) electrons. The molecule has 7 nitrogen and oxygen atoms in total. The minimum Gasteiger partial charge on any atom is -0.368 e. The van der Waals surface area contributed by atoms with Crippen LogP contribution < -0.4 is 10.2 Å². The Bertz CT molecular complexity index is 1270. The molecule has 5 rings (SSSR count). The third kappa shape index (κ3) is 4.09. The number of piperazine rings is 1. The van der Waals surface area contributed by atoms with E-state index in [1.807, 2.05) is 24.3 Å². The second kappa shape index (κ2) is 8.54. The van der Waals surface area contributed by atoms with Gasteiger partial charge in [0, 0.05) is 31.7 Å². The standard InChI is InChI=1S/C23H20ClN5O2S/c1-28-7-9-29(10-8-28)19-6-5-14(11-17(19)24)16-3-2-4-18-21(16)26-15(13-25-18)12-20-22(30)27-23(31)32-20/h2-6,11-13H,7-10H2,1H3,(H,27,30,31). The average molecular weight is 466 g/mol. The van der Waals surface area contributed by atoms with Gasteiger partial charge in [-0.25, -0.2) is 4.98 Å². The van der Waals surface area contributed by atoms with Crippen molar-refractivity contribution >= 4 is 57.3 Å². The summed E-state index contributed by atoms with van der Waals surface area (Å²) in [6, 6.07) is 11.9. The number of anilines is 1. The lowest BCUT2D eigenvalue weighted by Gasteiger charge is -2.34. The smallest absolute Gasteiger partial charge is 0.290 e. The van der Waals surface area contributed by atoms with Crippen molar-refractivity contribution < 1.29 is 9.59 Å². The number of amides is 2. The monoisotopic (exact) mass is 465 g/mol. The van der Waals surface area contributed by atoms with Gasteiger partial charge < -0.3 is 9.80 Å². The van der Waals surface area contributed by atoms with E-state index in [4.69, 9.17) is 16.6 Å². The molecule has 9 heteroatoms. The number of nitrogens with one attached hydrogen (secondary N) is 1. The van der Waals surface area contributed by atoms with Gasteiger partial charge in [0.15, 0.2) is 0 Å². The summed E-state index contributed by atoms with van der Waals surface area (Å²) in [5.74, 6) is -0.415. The minimum atomic E-state index is -0.415. The van der Waals surface area contributed by atoms with Crippen LogP contribution in [0.1, 0.15) is 5.69 Å². The topological polar surface area (TPSA) is 78.4 Å². The van der Waals surface area contributed by atoms with Crippen LogP contribution in [0.4, 0.5) is 10.5 Å². The molecule has 2 fully saturated rings. The van der Waals surface area contributed by atoms with E-state index in [9.17, 15) is 9.59 Å². The Hall–Kier alpha value is -2.94. The van der Waals surface area contributed by atoms with E-state index in [-0.39, 0.29) is 5.24 Å². The Morgan fingerprint density at radius 2 is 1.94 bits per heavy atom. The first-order chi connectivity index (χ1) is 15.5. The van der Waals surface area contributed by atoms with Crippen LogP contribution >= 0.6 is 23.4 Å². The molecule has 2 aliphatic heterocycles. The van der Waals surface area contributed by atoms with Gasteiger partial charge in [0.1, 0.15) is 0 Å². The van der Waals surface area contributed by atoms with Gasteiger partial charge in [-0.1, -0.05) is 29.8 Å². The molecule has 0 bridgehead atoms. The lowest BCUT2D eigenvalue weighted by Crippen LogP contribution is -2.44. The first-order valence-corrected chi connectivity index (χ1v) is 11.4. The molecule has 3 heterocycles. The second-order valence-electron chi connectivity index (χ2n) is 7.78. The van der Waals surface area contributed by atoms with E-state index in [0.29, 0.717) is 21.1 Å². The zero-order chi connectivity index (χ0) is 22.2. The molecule has 2 aromatic carbocycles. The van der Waals surface area contributed by atoms with E-state index in [1.165, 1.54) is 0 Å². The summed E-state index contributed by atoms with van der Waals surface area (Å²) >= 11 is 7.55. The quantitative estimate of drug-likeness (QED) is 0.585. The van der Waals surface area contributed by atoms with Gasteiger partial charge in [-0.3, -0.25) is 19.9 Å². The van der Waals surface area contributed by atoms with Crippen molar-refractivity contribution in [2.24, 2.45) is 0 Å². The maximum atomic E-state index is 11.9. The Morgan fingerprint density at radius 3 is 2.66 bits per heavy atom. The number of aromatic nitrogens is 2. The highest BCUT2D eigenvalue weighted by atomic mass is 35.5. The van der Waals surface area contributed by atoms with Crippen molar-refractivity contribution in [2.45, 2.75) is 0 Å². The molecule has 162 valence electrons. The summed E-state index contributed by atoms with van der Waals surface area (Å²) < 4.78 is 0. The van der Waals surface area contributed by atoms with Crippen LogP contribution in [0, 0.1) is 0 Å². The highest BCUT2D eigenvalue weighted by Crippen LogP contribution is 2.34. The zero-order valence-electron chi connectivity index (χ0n) is 17.3. The lowest BCUT2D eigenvalue weighted by molar-refractivity contribution is -0.115. The maximum absolute atomic E-state index is 11.9. The largest absolute Gasteiger partial charge is 0.368 e. The van der Waals surface area contributed by atoms with Crippen LogP contribution in [0.3, 0.4) is 0 Å². The molecule has 2 aliphatic rings. The molecule has 2 saturated heterocycles. The number of halogens is 1. The van der Waals surface area contributed by atoms with E-state index >= 15 is 0 Å². The number of carbonyl (C=O) groups is 2. The molecular formula is C23H20ClN5O2S. The molecule has 0 aliphatic carbocycles. The van der Waals surface area contributed by atoms with Gasteiger partial charge >= 0.3 is 0 Å². The summed E-state index contributed by atoms with van der Waals surface area (Å²) in [5.41, 5.74) is 4.84. The van der Waals surface area contributed by atoms with E-state index in [2.05, 4.69) is 39.3 Å².